The van der Waals surface area contributed by atoms with Gasteiger partial charge in [-0.1, -0.05) is 12.1 Å². The van der Waals surface area contributed by atoms with Gasteiger partial charge in [-0.05, 0) is 38.4 Å². The van der Waals surface area contributed by atoms with Crippen molar-refractivity contribution in [1.82, 2.24) is 20.0 Å². The number of halogens is 2. The Labute approximate surface area is 138 Å². The van der Waals surface area contributed by atoms with Crippen LogP contribution in [0.2, 0.25) is 0 Å². The predicted octanol–water partition coefficient (Wildman–Crippen LogP) is 3.32. The summed E-state index contributed by atoms with van der Waals surface area (Å²) in [6.07, 6.45) is 2.13. The first-order chi connectivity index (χ1) is 11.7. The second kappa shape index (κ2) is 7.65. The highest BCUT2D eigenvalue weighted by molar-refractivity contribution is 5.50. The third-order valence-corrected chi connectivity index (χ3v) is 3.94. The van der Waals surface area contributed by atoms with Gasteiger partial charge in [-0.25, -0.2) is 8.78 Å². The average Bonchev–Trinajstić information content (AvgIpc) is 3.22. The number of hydrogen-bond donors (Lipinski definition) is 0. The van der Waals surface area contributed by atoms with E-state index in [1.54, 1.807) is 0 Å². The van der Waals surface area contributed by atoms with Crippen molar-refractivity contribution >= 4 is 0 Å². The molecular formula is C16H20F2N4O2. The fourth-order valence-electron chi connectivity index (χ4n) is 2.92. The Balaban J connectivity index is 1.74. The van der Waals surface area contributed by atoms with Gasteiger partial charge < -0.3 is 9.26 Å². The van der Waals surface area contributed by atoms with Gasteiger partial charge in [-0.15, -0.1) is 0 Å². The molecule has 3 rings (SSSR count). The lowest BCUT2D eigenvalue weighted by atomic mass is 10.2. The molecule has 0 aromatic carbocycles. The van der Waals surface area contributed by atoms with Gasteiger partial charge in [-0.2, -0.15) is 4.98 Å². The fourth-order valence-corrected chi connectivity index (χ4v) is 2.92. The van der Waals surface area contributed by atoms with Crippen molar-refractivity contribution < 1.29 is 18.0 Å². The highest BCUT2D eigenvalue weighted by Crippen LogP contribution is 2.32. The van der Waals surface area contributed by atoms with E-state index < -0.39 is 13.0 Å². The molecule has 3 heterocycles. The summed E-state index contributed by atoms with van der Waals surface area (Å²) in [5, 5.41) is 3.98. The molecule has 2 aromatic rings. The Kier molecular flexibility index (Phi) is 5.34. The largest absolute Gasteiger partial charge is 0.488 e. The Morgan fingerprint density at radius 1 is 1.46 bits per heavy atom. The summed E-state index contributed by atoms with van der Waals surface area (Å²) in [5.74, 6) is 1.23. The first-order valence-electron chi connectivity index (χ1n) is 8.12. The molecule has 6 nitrogen and oxygen atoms in total. The van der Waals surface area contributed by atoms with Gasteiger partial charge in [0.15, 0.2) is 0 Å². The summed E-state index contributed by atoms with van der Waals surface area (Å²) in [5.41, 5.74) is 0.441. The highest BCUT2D eigenvalue weighted by Gasteiger charge is 2.30. The molecule has 1 aliphatic rings. The van der Waals surface area contributed by atoms with Crippen LogP contribution in [0.3, 0.4) is 0 Å². The second-order valence-electron chi connectivity index (χ2n) is 5.73. The number of ether oxygens (including phenoxy) is 1. The van der Waals surface area contributed by atoms with Crippen LogP contribution in [0.4, 0.5) is 8.78 Å². The minimum absolute atomic E-state index is 0.143. The maximum Gasteiger partial charge on any atom is 0.272 e. The number of hydrogen-bond acceptors (Lipinski definition) is 6. The first-order valence-corrected chi connectivity index (χ1v) is 8.12. The lowest BCUT2D eigenvalue weighted by Gasteiger charge is -2.20. The Morgan fingerprint density at radius 2 is 2.33 bits per heavy atom. The lowest BCUT2D eigenvalue weighted by molar-refractivity contribution is 0.0819. The summed E-state index contributed by atoms with van der Waals surface area (Å²) >= 11 is 0. The number of pyridine rings is 1. The van der Waals surface area contributed by atoms with Crippen molar-refractivity contribution in [2.75, 3.05) is 19.7 Å². The van der Waals surface area contributed by atoms with Crippen LogP contribution in [0, 0.1) is 0 Å². The Hall–Kier alpha value is -2.09. The van der Waals surface area contributed by atoms with Crippen LogP contribution in [-0.4, -0.2) is 46.1 Å². The van der Waals surface area contributed by atoms with Crippen molar-refractivity contribution in [3.8, 4) is 17.3 Å². The van der Waals surface area contributed by atoms with Gasteiger partial charge in [0, 0.05) is 12.3 Å². The SMILES string of the molecule is CCCN1CCCC1c1nc(-c2cc(OCC(F)F)ccn2)no1. The van der Waals surface area contributed by atoms with Gasteiger partial charge in [-0.3, -0.25) is 9.88 Å². The third-order valence-electron chi connectivity index (χ3n) is 3.94. The predicted molar refractivity (Wildman–Crippen MR) is 82.9 cm³/mol. The maximum atomic E-state index is 12.2. The van der Waals surface area contributed by atoms with Crippen molar-refractivity contribution in [2.24, 2.45) is 0 Å². The molecule has 0 bridgehead atoms. The highest BCUT2D eigenvalue weighted by atomic mass is 19.3. The van der Waals surface area contributed by atoms with Gasteiger partial charge >= 0.3 is 0 Å². The van der Waals surface area contributed by atoms with Gasteiger partial charge in [0.25, 0.3) is 6.43 Å². The molecule has 130 valence electrons. The summed E-state index contributed by atoms with van der Waals surface area (Å²) in [4.78, 5) is 11.0. The molecule has 1 atom stereocenters. The molecule has 0 amide bonds. The molecule has 0 radical (unpaired) electrons. The van der Waals surface area contributed by atoms with E-state index in [1.807, 2.05) is 0 Å². The molecule has 24 heavy (non-hydrogen) atoms. The van der Waals surface area contributed by atoms with Crippen molar-refractivity contribution in [3.63, 3.8) is 0 Å². The first kappa shape index (κ1) is 16.8. The minimum atomic E-state index is -2.52. The number of alkyl halides is 2. The summed E-state index contributed by atoms with van der Waals surface area (Å²) in [7, 11) is 0. The molecule has 1 aliphatic heterocycles. The molecule has 0 N–H and O–H groups in total. The molecule has 1 saturated heterocycles. The van der Waals surface area contributed by atoms with Gasteiger partial charge in [0.05, 0.1) is 6.04 Å². The standard InChI is InChI=1S/C16H20F2N4O2/c1-2-7-22-8-3-4-13(22)16-20-15(21-24-16)12-9-11(5-6-19-12)23-10-14(17)18/h5-6,9,13-14H,2-4,7-8,10H2,1H3. The van der Waals surface area contributed by atoms with E-state index in [0.717, 1.165) is 32.4 Å². The smallest absolute Gasteiger partial charge is 0.272 e. The summed E-state index contributed by atoms with van der Waals surface area (Å²) < 4.78 is 34.9. The van der Waals surface area contributed by atoms with Crippen LogP contribution in [0.25, 0.3) is 11.5 Å². The van der Waals surface area contributed by atoms with E-state index in [1.165, 1.54) is 18.3 Å². The summed E-state index contributed by atoms with van der Waals surface area (Å²) in [6, 6.07) is 3.20. The molecule has 1 unspecified atom stereocenters. The number of likely N-dealkylation sites (tertiary alicyclic amines) is 1. The second-order valence-corrected chi connectivity index (χ2v) is 5.73. The van der Waals surface area contributed by atoms with E-state index in [0.29, 0.717) is 23.2 Å². The zero-order valence-corrected chi connectivity index (χ0v) is 13.5. The number of aromatic nitrogens is 3. The quantitative estimate of drug-likeness (QED) is 0.772. The van der Waals surface area contributed by atoms with Crippen LogP contribution >= 0.6 is 0 Å². The normalized spacial score (nSPS) is 18.4. The monoisotopic (exact) mass is 338 g/mol. The van der Waals surface area contributed by atoms with E-state index in [9.17, 15) is 8.78 Å². The van der Waals surface area contributed by atoms with Crippen molar-refractivity contribution in [2.45, 2.75) is 38.7 Å². The van der Waals surface area contributed by atoms with E-state index >= 15 is 0 Å². The number of rotatable bonds is 7. The molecule has 0 saturated carbocycles. The number of nitrogens with zero attached hydrogens (tertiary/aromatic N) is 4. The van der Waals surface area contributed by atoms with Gasteiger partial charge in [0.1, 0.15) is 18.1 Å². The molecule has 0 spiro atoms. The van der Waals surface area contributed by atoms with Crippen molar-refractivity contribution in [1.29, 1.82) is 0 Å². The molecule has 0 aliphatic carbocycles. The van der Waals surface area contributed by atoms with E-state index in [-0.39, 0.29) is 6.04 Å². The lowest BCUT2D eigenvalue weighted by Crippen LogP contribution is -2.24. The minimum Gasteiger partial charge on any atom is -0.488 e. The van der Waals surface area contributed by atoms with Crippen LogP contribution in [0.5, 0.6) is 5.75 Å². The molecule has 8 heteroatoms. The van der Waals surface area contributed by atoms with Crippen LogP contribution < -0.4 is 4.74 Å². The van der Waals surface area contributed by atoms with Crippen molar-refractivity contribution in [3.05, 3.63) is 24.2 Å². The van der Waals surface area contributed by atoms with Crippen LogP contribution in [0.15, 0.2) is 22.9 Å². The maximum absolute atomic E-state index is 12.2. The molecule has 2 aromatic heterocycles. The molecular weight excluding hydrogens is 318 g/mol. The zero-order chi connectivity index (χ0) is 16.9. The van der Waals surface area contributed by atoms with E-state index in [4.69, 9.17) is 9.26 Å². The Morgan fingerprint density at radius 3 is 3.12 bits per heavy atom. The Bertz CT molecular complexity index is 665. The summed E-state index contributed by atoms with van der Waals surface area (Å²) in [6.45, 7) is 3.52. The third kappa shape index (κ3) is 3.87. The fraction of sp³-hybridized carbons (Fsp3) is 0.562. The molecule has 1 fully saturated rings. The van der Waals surface area contributed by atoms with E-state index in [2.05, 4.69) is 26.9 Å². The average molecular weight is 338 g/mol. The van der Waals surface area contributed by atoms with Crippen LogP contribution in [-0.2, 0) is 0 Å². The van der Waals surface area contributed by atoms with Crippen LogP contribution in [0.1, 0.15) is 38.1 Å². The zero-order valence-electron chi connectivity index (χ0n) is 13.5. The van der Waals surface area contributed by atoms with Gasteiger partial charge in [0.2, 0.25) is 11.7 Å². The topological polar surface area (TPSA) is 64.3 Å².